The number of rotatable bonds is 2. The van der Waals surface area contributed by atoms with Crippen LogP contribution in [-0.2, 0) is 0 Å². The van der Waals surface area contributed by atoms with Crippen molar-refractivity contribution in [2.24, 2.45) is 5.92 Å². The van der Waals surface area contributed by atoms with Crippen LogP contribution in [0.5, 0.6) is 0 Å². The van der Waals surface area contributed by atoms with E-state index in [1.54, 1.807) is 0 Å². The minimum absolute atomic E-state index is 0.247. The van der Waals surface area contributed by atoms with E-state index in [9.17, 15) is 0 Å². The van der Waals surface area contributed by atoms with Crippen LogP contribution in [0.15, 0.2) is 0 Å². The Morgan fingerprint density at radius 2 is 1.61 bits per heavy atom. The van der Waals surface area contributed by atoms with Gasteiger partial charge in [0.2, 0.25) is 0 Å². The molecular weight excluding hydrogens is 222 g/mol. The molecule has 18 heavy (non-hydrogen) atoms. The molecule has 2 N–H and O–H groups in total. The zero-order valence-electron chi connectivity index (χ0n) is 13.0. The maximum Gasteiger partial charge on any atom is 0.0624 e. The van der Waals surface area contributed by atoms with Crippen LogP contribution in [-0.4, -0.2) is 41.3 Å². The average Bonchev–Trinajstić information content (AvgIpc) is 2.59. The molecule has 2 aliphatic heterocycles. The van der Waals surface area contributed by atoms with Crippen LogP contribution in [0.4, 0.5) is 0 Å². The first-order chi connectivity index (χ1) is 8.20. The molecule has 0 aromatic rings. The Hall–Kier alpha value is -0.120. The lowest BCUT2D eigenvalue weighted by Crippen LogP contribution is -2.63. The van der Waals surface area contributed by atoms with Gasteiger partial charge in [0.05, 0.1) is 6.17 Å². The van der Waals surface area contributed by atoms with Gasteiger partial charge in [-0.2, -0.15) is 0 Å². The molecule has 106 valence electrons. The van der Waals surface area contributed by atoms with Gasteiger partial charge >= 0.3 is 0 Å². The van der Waals surface area contributed by atoms with Crippen molar-refractivity contribution in [3.63, 3.8) is 0 Å². The van der Waals surface area contributed by atoms with Gasteiger partial charge in [0, 0.05) is 30.2 Å². The van der Waals surface area contributed by atoms with E-state index in [0.29, 0.717) is 18.1 Å². The highest BCUT2D eigenvalue weighted by Crippen LogP contribution is 2.33. The number of hydrogen-bond donors (Lipinski definition) is 2. The standard InChI is InChI=1S/C15H31N3/c1-11(2)13-16-7-8-18(13)12-9-14(3,4)17-15(5,6)10-12/h11-13,16-17H,7-10H2,1-6H3. The zero-order chi connectivity index (χ0) is 13.6. The molecule has 1 unspecified atom stereocenters. The van der Waals surface area contributed by atoms with E-state index >= 15 is 0 Å². The minimum atomic E-state index is 0.247. The van der Waals surface area contributed by atoms with Crippen LogP contribution >= 0.6 is 0 Å². The molecule has 2 aliphatic rings. The fourth-order valence-corrected chi connectivity index (χ4v) is 4.13. The van der Waals surface area contributed by atoms with Crippen molar-refractivity contribution in [2.75, 3.05) is 13.1 Å². The number of nitrogens with zero attached hydrogens (tertiary/aromatic N) is 1. The first kappa shape index (κ1) is 14.3. The van der Waals surface area contributed by atoms with Crippen LogP contribution in [0.2, 0.25) is 0 Å². The molecule has 2 rings (SSSR count). The lowest BCUT2D eigenvalue weighted by Gasteiger charge is -2.50. The normalized spacial score (nSPS) is 33.2. The van der Waals surface area contributed by atoms with Gasteiger partial charge in [-0.25, -0.2) is 0 Å². The van der Waals surface area contributed by atoms with Gasteiger partial charge in [-0.15, -0.1) is 0 Å². The summed E-state index contributed by atoms with van der Waals surface area (Å²) in [5.41, 5.74) is 0.493. The summed E-state index contributed by atoms with van der Waals surface area (Å²) in [6, 6.07) is 0.707. The largest absolute Gasteiger partial charge is 0.307 e. The van der Waals surface area contributed by atoms with Gasteiger partial charge < -0.3 is 10.6 Å². The molecule has 3 nitrogen and oxygen atoms in total. The van der Waals surface area contributed by atoms with Crippen molar-refractivity contribution in [2.45, 2.75) is 77.7 Å². The molecular formula is C15H31N3. The summed E-state index contributed by atoms with van der Waals surface area (Å²) in [6.07, 6.45) is 3.07. The van der Waals surface area contributed by atoms with E-state index in [1.807, 2.05) is 0 Å². The summed E-state index contributed by atoms with van der Waals surface area (Å²) in [5, 5.41) is 7.45. The second kappa shape index (κ2) is 4.77. The molecule has 2 fully saturated rings. The molecule has 0 amide bonds. The molecule has 3 heteroatoms. The number of piperidine rings is 1. The quantitative estimate of drug-likeness (QED) is 0.790. The summed E-state index contributed by atoms with van der Waals surface area (Å²) in [5.74, 6) is 0.689. The number of hydrogen-bond acceptors (Lipinski definition) is 3. The van der Waals surface area contributed by atoms with Gasteiger partial charge in [-0.05, 0) is 46.5 Å². The lowest BCUT2D eigenvalue weighted by molar-refractivity contribution is 0.0431. The topological polar surface area (TPSA) is 27.3 Å². The Morgan fingerprint density at radius 3 is 2.11 bits per heavy atom. The van der Waals surface area contributed by atoms with Crippen molar-refractivity contribution in [3.8, 4) is 0 Å². The molecule has 0 radical (unpaired) electrons. The summed E-state index contributed by atoms with van der Waals surface area (Å²) in [4.78, 5) is 2.72. The maximum atomic E-state index is 3.78. The fraction of sp³-hybridized carbons (Fsp3) is 1.00. The van der Waals surface area contributed by atoms with Crippen molar-refractivity contribution >= 4 is 0 Å². The van der Waals surface area contributed by atoms with Crippen molar-refractivity contribution < 1.29 is 0 Å². The van der Waals surface area contributed by atoms with Gasteiger partial charge in [0.15, 0.2) is 0 Å². The molecule has 0 aliphatic carbocycles. The van der Waals surface area contributed by atoms with E-state index in [0.717, 1.165) is 6.54 Å². The Morgan fingerprint density at radius 1 is 1.06 bits per heavy atom. The molecule has 2 saturated heterocycles. The van der Waals surface area contributed by atoms with E-state index < -0.39 is 0 Å². The third-order valence-corrected chi connectivity index (χ3v) is 4.35. The Labute approximate surface area is 113 Å². The van der Waals surface area contributed by atoms with Crippen LogP contribution in [0.1, 0.15) is 54.4 Å². The van der Waals surface area contributed by atoms with Gasteiger partial charge in [-0.1, -0.05) is 13.8 Å². The van der Waals surface area contributed by atoms with Crippen LogP contribution in [0, 0.1) is 5.92 Å². The molecule has 2 heterocycles. The maximum absolute atomic E-state index is 3.78. The lowest BCUT2D eigenvalue weighted by atomic mass is 9.78. The SMILES string of the molecule is CC(C)C1NCCN1C1CC(C)(C)NC(C)(C)C1. The molecule has 1 atom stereocenters. The summed E-state index contributed by atoms with van der Waals surface area (Å²) >= 11 is 0. The fourth-order valence-electron chi connectivity index (χ4n) is 4.13. The zero-order valence-corrected chi connectivity index (χ0v) is 13.0. The summed E-state index contributed by atoms with van der Waals surface area (Å²) in [7, 11) is 0. The first-order valence-electron chi connectivity index (χ1n) is 7.49. The number of nitrogens with one attached hydrogen (secondary N) is 2. The molecule has 0 aromatic heterocycles. The molecule has 0 spiro atoms. The minimum Gasteiger partial charge on any atom is -0.307 e. The van der Waals surface area contributed by atoms with Gasteiger partial charge in [0.1, 0.15) is 0 Å². The predicted octanol–water partition coefficient (Wildman–Crippen LogP) is 2.18. The first-order valence-corrected chi connectivity index (χ1v) is 7.49. The van der Waals surface area contributed by atoms with Crippen molar-refractivity contribution in [3.05, 3.63) is 0 Å². The predicted molar refractivity (Wildman–Crippen MR) is 77.7 cm³/mol. The van der Waals surface area contributed by atoms with Crippen molar-refractivity contribution in [1.29, 1.82) is 0 Å². The van der Waals surface area contributed by atoms with Gasteiger partial charge in [-0.3, -0.25) is 4.90 Å². The smallest absolute Gasteiger partial charge is 0.0624 e. The second-order valence-corrected chi connectivity index (χ2v) is 7.84. The van der Waals surface area contributed by atoms with E-state index in [1.165, 1.54) is 19.4 Å². The average molecular weight is 253 g/mol. The third kappa shape index (κ3) is 3.06. The molecule has 0 aromatic carbocycles. The summed E-state index contributed by atoms with van der Waals surface area (Å²) in [6.45, 7) is 16.4. The monoisotopic (exact) mass is 253 g/mol. The Kier molecular flexibility index (Phi) is 3.79. The third-order valence-electron chi connectivity index (χ3n) is 4.35. The van der Waals surface area contributed by atoms with Crippen LogP contribution < -0.4 is 10.6 Å². The Balaban J connectivity index is 2.12. The molecule has 0 bridgehead atoms. The highest BCUT2D eigenvalue weighted by atomic mass is 15.4. The van der Waals surface area contributed by atoms with Gasteiger partial charge in [0.25, 0.3) is 0 Å². The van der Waals surface area contributed by atoms with Crippen LogP contribution in [0.3, 0.4) is 0 Å². The highest BCUT2D eigenvalue weighted by molar-refractivity contribution is 5.02. The second-order valence-electron chi connectivity index (χ2n) is 7.84. The van der Waals surface area contributed by atoms with E-state index in [2.05, 4.69) is 57.1 Å². The van der Waals surface area contributed by atoms with E-state index in [4.69, 9.17) is 0 Å². The highest BCUT2D eigenvalue weighted by Gasteiger charge is 2.42. The van der Waals surface area contributed by atoms with Crippen LogP contribution in [0.25, 0.3) is 0 Å². The van der Waals surface area contributed by atoms with E-state index in [-0.39, 0.29) is 11.1 Å². The molecule has 0 saturated carbocycles. The summed E-state index contributed by atoms with van der Waals surface area (Å²) < 4.78 is 0. The Bertz CT molecular complexity index is 280. The van der Waals surface area contributed by atoms with Crippen molar-refractivity contribution in [1.82, 2.24) is 15.5 Å².